The van der Waals surface area contributed by atoms with Gasteiger partial charge in [0.05, 0.1) is 6.04 Å². The van der Waals surface area contributed by atoms with Crippen LogP contribution in [-0.4, -0.2) is 35.0 Å². The van der Waals surface area contributed by atoms with Gasteiger partial charge in [-0.25, -0.2) is 0 Å². The van der Waals surface area contributed by atoms with E-state index in [1.807, 2.05) is 4.90 Å². The van der Waals surface area contributed by atoms with Crippen LogP contribution in [0, 0.1) is 5.92 Å². The first-order valence-electron chi connectivity index (χ1n) is 6.88. The topological polar surface area (TPSA) is 66.6 Å². The van der Waals surface area contributed by atoms with E-state index in [1.165, 1.54) is 6.42 Å². The Labute approximate surface area is 114 Å². The summed E-state index contributed by atoms with van der Waals surface area (Å²) in [6.07, 6.45) is 2.78. The number of amides is 1. The van der Waals surface area contributed by atoms with Gasteiger partial charge in [-0.15, -0.1) is 0 Å². The molecule has 1 heterocycles. The van der Waals surface area contributed by atoms with Crippen molar-refractivity contribution in [2.45, 2.75) is 32.2 Å². The number of phenols is 1. The van der Waals surface area contributed by atoms with Gasteiger partial charge in [-0.1, -0.05) is 19.1 Å². The monoisotopic (exact) mass is 262 g/mol. The first-order valence-corrected chi connectivity index (χ1v) is 6.88. The summed E-state index contributed by atoms with van der Waals surface area (Å²) in [6, 6.07) is 6.36. The van der Waals surface area contributed by atoms with Crippen LogP contribution in [0.5, 0.6) is 5.75 Å². The van der Waals surface area contributed by atoms with E-state index < -0.39 is 6.04 Å². The summed E-state index contributed by atoms with van der Waals surface area (Å²) < 4.78 is 0. The van der Waals surface area contributed by atoms with Gasteiger partial charge in [0.1, 0.15) is 5.75 Å². The Balaban J connectivity index is 1.93. The van der Waals surface area contributed by atoms with Crippen molar-refractivity contribution < 1.29 is 9.90 Å². The molecular weight excluding hydrogens is 240 g/mol. The number of rotatable bonds is 3. The predicted octanol–water partition coefficient (Wildman–Crippen LogP) is 1.52. The smallest absolute Gasteiger partial charge is 0.239 e. The molecule has 1 amide bonds. The van der Waals surface area contributed by atoms with Gasteiger partial charge in [0.25, 0.3) is 0 Å². The van der Waals surface area contributed by atoms with Crippen LogP contribution < -0.4 is 5.73 Å². The van der Waals surface area contributed by atoms with Crippen LogP contribution >= 0.6 is 0 Å². The van der Waals surface area contributed by atoms with Crippen LogP contribution in [-0.2, 0) is 11.2 Å². The summed E-state index contributed by atoms with van der Waals surface area (Å²) in [5.74, 6) is 0.840. The summed E-state index contributed by atoms with van der Waals surface area (Å²) in [7, 11) is 0. The first-order chi connectivity index (χ1) is 9.06. The third-order valence-electron chi connectivity index (χ3n) is 3.68. The maximum absolute atomic E-state index is 12.3. The number of carbonyl (C=O) groups is 1. The van der Waals surface area contributed by atoms with Crippen molar-refractivity contribution in [1.82, 2.24) is 4.90 Å². The summed E-state index contributed by atoms with van der Waals surface area (Å²) >= 11 is 0. The number of benzene rings is 1. The zero-order valence-electron chi connectivity index (χ0n) is 11.4. The molecule has 3 N–H and O–H groups in total. The SMILES string of the molecule is CC1CCCN(C(=O)[C@@H](N)Cc2ccc(O)cc2)C1. The maximum atomic E-state index is 12.3. The largest absolute Gasteiger partial charge is 0.508 e. The molecule has 19 heavy (non-hydrogen) atoms. The zero-order valence-corrected chi connectivity index (χ0v) is 11.4. The number of likely N-dealkylation sites (tertiary alicyclic amines) is 1. The Morgan fingerprint density at radius 2 is 2.16 bits per heavy atom. The van der Waals surface area contributed by atoms with Crippen molar-refractivity contribution >= 4 is 5.91 Å². The molecule has 0 radical (unpaired) electrons. The number of carbonyl (C=O) groups excluding carboxylic acids is 1. The Morgan fingerprint density at radius 3 is 2.79 bits per heavy atom. The van der Waals surface area contributed by atoms with E-state index in [0.717, 1.165) is 25.1 Å². The molecule has 1 aromatic carbocycles. The fourth-order valence-corrected chi connectivity index (χ4v) is 2.60. The zero-order chi connectivity index (χ0) is 13.8. The second-order valence-electron chi connectivity index (χ2n) is 5.51. The number of nitrogens with two attached hydrogens (primary N) is 1. The third kappa shape index (κ3) is 3.70. The highest BCUT2D eigenvalue weighted by Crippen LogP contribution is 2.17. The van der Waals surface area contributed by atoms with E-state index >= 15 is 0 Å². The fourth-order valence-electron chi connectivity index (χ4n) is 2.60. The van der Waals surface area contributed by atoms with E-state index in [2.05, 4.69) is 6.92 Å². The van der Waals surface area contributed by atoms with Gasteiger partial charge in [0.2, 0.25) is 5.91 Å². The van der Waals surface area contributed by atoms with Gasteiger partial charge in [0, 0.05) is 13.1 Å². The second kappa shape index (κ2) is 6.06. The molecule has 104 valence electrons. The van der Waals surface area contributed by atoms with E-state index in [1.54, 1.807) is 24.3 Å². The van der Waals surface area contributed by atoms with Crippen LogP contribution in [0.3, 0.4) is 0 Å². The molecule has 1 aliphatic heterocycles. The Kier molecular flexibility index (Phi) is 4.43. The summed E-state index contributed by atoms with van der Waals surface area (Å²) in [4.78, 5) is 14.2. The lowest BCUT2D eigenvalue weighted by Gasteiger charge is -2.32. The Morgan fingerprint density at radius 1 is 1.47 bits per heavy atom. The lowest BCUT2D eigenvalue weighted by atomic mass is 9.98. The molecule has 1 fully saturated rings. The Bertz CT molecular complexity index is 430. The molecule has 4 nitrogen and oxygen atoms in total. The fraction of sp³-hybridized carbons (Fsp3) is 0.533. The molecular formula is C15H22N2O2. The summed E-state index contributed by atoms with van der Waals surface area (Å²) in [6.45, 7) is 3.82. The highest BCUT2D eigenvalue weighted by Gasteiger charge is 2.25. The van der Waals surface area contributed by atoms with Gasteiger partial charge < -0.3 is 15.7 Å². The van der Waals surface area contributed by atoms with Gasteiger partial charge >= 0.3 is 0 Å². The molecule has 1 saturated heterocycles. The lowest BCUT2D eigenvalue weighted by molar-refractivity contribution is -0.134. The minimum Gasteiger partial charge on any atom is -0.508 e. The molecule has 1 unspecified atom stereocenters. The van der Waals surface area contributed by atoms with Crippen molar-refractivity contribution in [2.75, 3.05) is 13.1 Å². The molecule has 0 aliphatic carbocycles. The van der Waals surface area contributed by atoms with E-state index in [9.17, 15) is 9.90 Å². The normalized spacial score (nSPS) is 21.2. The molecule has 0 aromatic heterocycles. The van der Waals surface area contributed by atoms with Gasteiger partial charge in [0.15, 0.2) is 0 Å². The highest BCUT2D eigenvalue weighted by atomic mass is 16.3. The maximum Gasteiger partial charge on any atom is 0.239 e. The number of hydrogen-bond donors (Lipinski definition) is 2. The standard InChI is InChI=1S/C15H22N2O2/c1-11-3-2-8-17(10-11)15(19)14(16)9-12-4-6-13(18)7-5-12/h4-7,11,14,18H,2-3,8-10,16H2,1H3/t11?,14-/m0/s1. The van der Waals surface area contributed by atoms with Crippen molar-refractivity contribution in [3.05, 3.63) is 29.8 Å². The van der Waals surface area contributed by atoms with Gasteiger partial charge in [-0.05, 0) is 42.9 Å². The minimum absolute atomic E-state index is 0.0413. The number of piperidine rings is 1. The molecule has 0 spiro atoms. The van der Waals surface area contributed by atoms with Crippen LogP contribution in [0.2, 0.25) is 0 Å². The third-order valence-corrected chi connectivity index (χ3v) is 3.68. The number of hydrogen-bond acceptors (Lipinski definition) is 3. The highest BCUT2D eigenvalue weighted by molar-refractivity contribution is 5.82. The van der Waals surface area contributed by atoms with E-state index in [0.29, 0.717) is 12.3 Å². The average Bonchev–Trinajstić information content (AvgIpc) is 2.40. The van der Waals surface area contributed by atoms with E-state index in [-0.39, 0.29) is 11.7 Å². The molecule has 1 aliphatic rings. The van der Waals surface area contributed by atoms with Gasteiger partial charge in [-0.2, -0.15) is 0 Å². The van der Waals surface area contributed by atoms with Crippen molar-refractivity contribution in [3.8, 4) is 5.75 Å². The lowest BCUT2D eigenvalue weighted by Crippen LogP contribution is -2.48. The Hall–Kier alpha value is -1.55. The minimum atomic E-state index is -0.491. The first kappa shape index (κ1) is 13.9. The van der Waals surface area contributed by atoms with E-state index in [4.69, 9.17) is 5.73 Å². The molecule has 2 rings (SSSR count). The molecule has 4 heteroatoms. The molecule has 0 bridgehead atoms. The number of aromatic hydroxyl groups is 1. The van der Waals surface area contributed by atoms with Crippen LogP contribution in [0.15, 0.2) is 24.3 Å². The molecule has 0 saturated carbocycles. The van der Waals surface area contributed by atoms with Gasteiger partial charge in [-0.3, -0.25) is 4.79 Å². The number of phenolic OH excluding ortho intramolecular Hbond substituents is 1. The molecule has 2 atom stereocenters. The quantitative estimate of drug-likeness (QED) is 0.868. The summed E-state index contributed by atoms with van der Waals surface area (Å²) in [5.41, 5.74) is 6.99. The number of nitrogens with zero attached hydrogens (tertiary/aromatic N) is 1. The average molecular weight is 262 g/mol. The van der Waals surface area contributed by atoms with Crippen LogP contribution in [0.1, 0.15) is 25.3 Å². The predicted molar refractivity (Wildman–Crippen MR) is 74.8 cm³/mol. The van der Waals surface area contributed by atoms with Crippen LogP contribution in [0.25, 0.3) is 0 Å². The van der Waals surface area contributed by atoms with Crippen molar-refractivity contribution in [2.24, 2.45) is 11.7 Å². The second-order valence-corrected chi connectivity index (χ2v) is 5.51. The van der Waals surface area contributed by atoms with Crippen molar-refractivity contribution in [1.29, 1.82) is 0 Å². The molecule has 1 aromatic rings. The summed E-state index contributed by atoms with van der Waals surface area (Å²) in [5, 5.41) is 9.23. The van der Waals surface area contributed by atoms with Crippen LogP contribution in [0.4, 0.5) is 0 Å². The van der Waals surface area contributed by atoms with Crippen molar-refractivity contribution in [3.63, 3.8) is 0 Å².